The van der Waals surface area contributed by atoms with Gasteiger partial charge in [-0.1, -0.05) is 38.1 Å². The first-order valence-electron chi connectivity index (χ1n) is 13.7. The van der Waals surface area contributed by atoms with Crippen molar-refractivity contribution in [1.82, 2.24) is 25.3 Å². The lowest BCUT2D eigenvalue weighted by molar-refractivity contribution is -0.135. The molecule has 3 N–H and O–H groups in total. The van der Waals surface area contributed by atoms with Gasteiger partial charge in [0.15, 0.2) is 0 Å². The number of nitrogens with one attached hydrogen (secondary N) is 3. The fourth-order valence-electron chi connectivity index (χ4n) is 5.00. The van der Waals surface area contributed by atoms with Gasteiger partial charge in [0, 0.05) is 13.6 Å². The molecule has 210 valence electrons. The lowest BCUT2D eigenvalue weighted by atomic mass is 9.74. The summed E-state index contributed by atoms with van der Waals surface area (Å²) in [6, 6.07) is 6.94. The number of para-hydroxylation sites is 1. The summed E-state index contributed by atoms with van der Waals surface area (Å²) in [6.07, 6.45) is 7.36. The number of nitrogens with zero attached hydrogens (tertiary/aromatic N) is 3. The van der Waals surface area contributed by atoms with E-state index in [0.29, 0.717) is 55.9 Å². The number of hydrogen-bond donors (Lipinski definition) is 3. The zero-order valence-electron chi connectivity index (χ0n) is 23.3. The number of carbonyl (C=O) groups excluding carboxylic acids is 3. The summed E-state index contributed by atoms with van der Waals surface area (Å²) in [5, 5.41) is 13.3. The van der Waals surface area contributed by atoms with Crippen LogP contribution in [-0.2, 0) is 16.6 Å². The smallest absolute Gasteiger partial charge is 0.255 e. The van der Waals surface area contributed by atoms with E-state index < -0.39 is 5.41 Å². The maximum Gasteiger partial charge on any atom is 0.255 e. The second-order valence-corrected chi connectivity index (χ2v) is 10.9. The first-order chi connectivity index (χ1) is 18.7. The van der Waals surface area contributed by atoms with E-state index in [9.17, 15) is 14.4 Å². The predicted molar refractivity (Wildman–Crippen MR) is 149 cm³/mol. The van der Waals surface area contributed by atoms with Gasteiger partial charge in [0.2, 0.25) is 11.8 Å². The first kappa shape index (κ1) is 28.4. The summed E-state index contributed by atoms with van der Waals surface area (Å²) >= 11 is 0. The number of fused-ring (bicyclic) bond motifs is 1. The molecule has 10 nitrogen and oxygen atoms in total. The number of hydrogen-bond acceptors (Lipinski definition) is 6. The van der Waals surface area contributed by atoms with E-state index in [4.69, 9.17) is 4.74 Å². The van der Waals surface area contributed by atoms with Gasteiger partial charge in [-0.2, -0.15) is 5.10 Å². The minimum atomic E-state index is -0.595. The molecule has 3 amide bonds. The van der Waals surface area contributed by atoms with Gasteiger partial charge in [-0.05, 0) is 57.3 Å². The van der Waals surface area contributed by atoms with Crippen LogP contribution in [0.5, 0.6) is 5.75 Å². The van der Waals surface area contributed by atoms with Crippen molar-refractivity contribution in [3.63, 3.8) is 0 Å². The number of amides is 3. The number of allylic oxidation sites excluding steroid dienone is 1. The summed E-state index contributed by atoms with van der Waals surface area (Å²) in [6.45, 7) is 8.16. The van der Waals surface area contributed by atoms with Crippen molar-refractivity contribution in [3.05, 3.63) is 53.9 Å². The standard InChI is InChI=1S/C29H40N6O4/c1-20(2)24-19-39-25-10-6-5-9-22(25)27(37)30-14-8-7-11-29(28(38)33-24)12-15-35(16-13-29)18-26(36)32-23-17-31-34(4)21(23)3/h5-10,17,20,24H,11-16,18-19H2,1-4H3,(H,30,37)(H,32,36)(H,33,38)/b8-7+/t24-/m0/s1. The molecule has 2 aliphatic rings. The molecule has 1 spiro atoms. The molecule has 10 heteroatoms. The van der Waals surface area contributed by atoms with E-state index in [1.807, 2.05) is 52.1 Å². The van der Waals surface area contributed by atoms with Crippen LogP contribution >= 0.6 is 0 Å². The average Bonchev–Trinajstić information content (AvgIpc) is 3.23. The Bertz CT molecular complexity index is 1210. The van der Waals surface area contributed by atoms with Crippen molar-refractivity contribution in [2.75, 3.05) is 38.1 Å². The van der Waals surface area contributed by atoms with E-state index in [0.717, 1.165) is 5.69 Å². The number of benzene rings is 1. The SMILES string of the molecule is Cc1c(NC(=O)CN2CCC3(C/C=C/CNC(=O)c4ccccc4OC[C@@H](C(C)C)NC3=O)CC2)cnn1C. The number of piperidine rings is 1. The summed E-state index contributed by atoms with van der Waals surface area (Å²) in [4.78, 5) is 41.4. The molecule has 1 aromatic carbocycles. The van der Waals surface area contributed by atoms with Crippen LogP contribution in [0.4, 0.5) is 5.69 Å². The summed E-state index contributed by atoms with van der Waals surface area (Å²) in [7, 11) is 1.84. The van der Waals surface area contributed by atoms with Crippen molar-refractivity contribution >= 4 is 23.4 Å². The van der Waals surface area contributed by atoms with Crippen LogP contribution in [0, 0.1) is 18.3 Å². The molecule has 2 aliphatic heterocycles. The third kappa shape index (κ3) is 6.86. The summed E-state index contributed by atoms with van der Waals surface area (Å²) < 4.78 is 7.79. The molecule has 1 atom stereocenters. The van der Waals surface area contributed by atoms with Crippen LogP contribution in [0.25, 0.3) is 0 Å². The molecule has 3 heterocycles. The number of aromatic nitrogens is 2. The van der Waals surface area contributed by atoms with Crippen molar-refractivity contribution in [3.8, 4) is 5.75 Å². The highest BCUT2D eigenvalue weighted by Crippen LogP contribution is 2.36. The van der Waals surface area contributed by atoms with Crippen LogP contribution < -0.4 is 20.7 Å². The van der Waals surface area contributed by atoms with Crippen LogP contribution in [0.1, 0.15) is 49.2 Å². The van der Waals surface area contributed by atoms with Gasteiger partial charge in [0.25, 0.3) is 5.91 Å². The van der Waals surface area contributed by atoms with E-state index in [-0.39, 0.29) is 42.8 Å². The average molecular weight is 537 g/mol. The Kier molecular flexibility index (Phi) is 9.06. The summed E-state index contributed by atoms with van der Waals surface area (Å²) in [5.74, 6) is 0.360. The van der Waals surface area contributed by atoms with E-state index >= 15 is 0 Å². The molecule has 4 rings (SSSR count). The third-order valence-corrected chi connectivity index (χ3v) is 7.90. The lowest BCUT2D eigenvalue weighted by Crippen LogP contribution is -2.54. The third-order valence-electron chi connectivity index (χ3n) is 7.90. The normalized spacial score (nSPS) is 21.3. The molecule has 1 aromatic heterocycles. The second-order valence-electron chi connectivity index (χ2n) is 10.9. The van der Waals surface area contributed by atoms with Gasteiger partial charge in [0.1, 0.15) is 12.4 Å². The fourth-order valence-corrected chi connectivity index (χ4v) is 5.00. The number of carbonyl (C=O) groups is 3. The van der Waals surface area contributed by atoms with E-state index in [1.165, 1.54) is 0 Å². The lowest BCUT2D eigenvalue weighted by Gasteiger charge is -2.41. The number of ether oxygens (including phenoxy) is 1. The monoisotopic (exact) mass is 536 g/mol. The van der Waals surface area contributed by atoms with Gasteiger partial charge < -0.3 is 20.7 Å². The molecule has 0 unspecified atom stereocenters. The molecule has 2 aromatic rings. The largest absolute Gasteiger partial charge is 0.491 e. The fraction of sp³-hybridized carbons (Fsp3) is 0.517. The Labute approximate surface area is 230 Å². The van der Waals surface area contributed by atoms with Crippen molar-refractivity contribution in [2.45, 2.75) is 46.1 Å². The highest BCUT2D eigenvalue weighted by Gasteiger charge is 2.41. The molecule has 0 bridgehead atoms. The van der Waals surface area contributed by atoms with E-state index in [2.05, 4.69) is 25.9 Å². The van der Waals surface area contributed by atoms with Crippen molar-refractivity contribution in [1.29, 1.82) is 0 Å². The number of aryl methyl sites for hydroxylation is 1. The number of likely N-dealkylation sites (tertiary alicyclic amines) is 1. The highest BCUT2D eigenvalue weighted by atomic mass is 16.5. The number of rotatable bonds is 4. The van der Waals surface area contributed by atoms with Crippen molar-refractivity contribution in [2.24, 2.45) is 18.4 Å². The van der Waals surface area contributed by atoms with Crippen LogP contribution in [0.2, 0.25) is 0 Å². The van der Waals surface area contributed by atoms with Crippen molar-refractivity contribution < 1.29 is 19.1 Å². The topological polar surface area (TPSA) is 118 Å². The quantitative estimate of drug-likeness (QED) is 0.518. The Morgan fingerprint density at radius 2 is 1.95 bits per heavy atom. The molecule has 1 saturated heterocycles. The highest BCUT2D eigenvalue weighted by molar-refractivity contribution is 5.97. The molecule has 39 heavy (non-hydrogen) atoms. The Morgan fingerprint density at radius 1 is 1.21 bits per heavy atom. The van der Waals surface area contributed by atoms with Gasteiger partial charge in [-0.3, -0.25) is 24.0 Å². The molecular formula is C29H40N6O4. The van der Waals surface area contributed by atoms with Gasteiger partial charge >= 0.3 is 0 Å². The molecule has 1 fully saturated rings. The Balaban J connectivity index is 1.44. The zero-order chi connectivity index (χ0) is 28.0. The molecule has 0 radical (unpaired) electrons. The van der Waals surface area contributed by atoms with E-state index in [1.54, 1.807) is 23.0 Å². The van der Waals surface area contributed by atoms with Crippen LogP contribution in [0.3, 0.4) is 0 Å². The Morgan fingerprint density at radius 3 is 2.64 bits per heavy atom. The summed E-state index contributed by atoms with van der Waals surface area (Å²) in [5.41, 5.74) is 1.49. The van der Waals surface area contributed by atoms with Gasteiger partial charge in [0.05, 0.1) is 41.1 Å². The zero-order valence-corrected chi connectivity index (χ0v) is 23.3. The molecule has 0 saturated carbocycles. The predicted octanol–water partition coefficient (Wildman–Crippen LogP) is 2.66. The molecule has 0 aliphatic carbocycles. The Hall–Kier alpha value is -3.66. The van der Waals surface area contributed by atoms with Crippen LogP contribution in [-0.4, -0.2) is 71.2 Å². The first-order valence-corrected chi connectivity index (χ1v) is 13.7. The minimum Gasteiger partial charge on any atom is -0.491 e. The maximum absolute atomic E-state index is 13.8. The van der Waals surface area contributed by atoms with Crippen LogP contribution in [0.15, 0.2) is 42.6 Å². The van der Waals surface area contributed by atoms with Gasteiger partial charge in [-0.25, -0.2) is 0 Å². The maximum atomic E-state index is 13.8. The number of anilines is 1. The minimum absolute atomic E-state index is 0.0129. The van der Waals surface area contributed by atoms with Gasteiger partial charge in [-0.15, -0.1) is 0 Å². The molecular weight excluding hydrogens is 496 g/mol. The second kappa shape index (κ2) is 12.5.